The van der Waals surface area contributed by atoms with Crippen LogP contribution in [0.4, 0.5) is 4.39 Å². The number of aromatic nitrogens is 2. The monoisotopic (exact) mass is 297 g/mol. The van der Waals surface area contributed by atoms with E-state index in [1.807, 2.05) is 0 Å². The Morgan fingerprint density at radius 1 is 1.45 bits per heavy atom. The summed E-state index contributed by atoms with van der Waals surface area (Å²) in [6, 6.07) is 5.26. The molecule has 0 aliphatic heterocycles. The van der Waals surface area contributed by atoms with Gasteiger partial charge >= 0.3 is 0 Å². The average Bonchev–Trinajstić information content (AvgIpc) is 2.89. The highest BCUT2D eigenvalue weighted by atomic mass is 35.5. The van der Waals surface area contributed by atoms with Crippen LogP contribution in [0.5, 0.6) is 0 Å². The molecule has 0 fully saturated rings. The Bertz CT molecular complexity index is 573. The van der Waals surface area contributed by atoms with Gasteiger partial charge in [0.05, 0.1) is 11.6 Å². The van der Waals surface area contributed by atoms with Gasteiger partial charge in [-0.3, -0.25) is 0 Å². The van der Waals surface area contributed by atoms with Crippen molar-refractivity contribution in [1.29, 1.82) is 0 Å². The van der Waals surface area contributed by atoms with Gasteiger partial charge in [0.15, 0.2) is 5.82 Å². The van der Waals surface area contributed by atoms with Crippen LogP contribution in [0.3, 0.4) is 0 Å². The Morgan fingerprint density at radius 3 is 3.00 bits per heavy atom. The van der Waals surface area contributed by atoms with Crippen molar-refractivity contribution in [3.63, 3.8) is 0 Å². The first-order valence-corrected chi connectivity index (χ1v) is 6.95. The number of hydrogen-bond donors (Lipinski definition) is 1. The molecule has 2 aromatic rings. The molecule has 0 spiro atoms. The van der Waals surface area contributed by atoms with E-state index in [2.05, 4.69) is 29.3 Å². The fourth-order valence-electron chi connectivity index (χ4n) is 1.69. The quantitative estimate of drug-likeness (QED) is 0.888. The maximum Gasteiger partial charge on any atom is 0.240 e. The zero-order valence-corrected chi connectivity index (χ0v) is 12.2. The maximum absolute atomic E-state index is 13.8. The van der Waals surface area contributed by atoms with Gasteiger partial charge in [-0.05, 0) is 25.0 Å². The molecule has 1 aromatic carbocycles. The highest BCUT2D eigenvalue weighted by Crippen LogP contribution is 2.19. The molecule has 1 unspecified atom stereocenters. The van der Waals surface area contributed by atoms with E-state index in [9.17, 15) is 4.39 Å². The second kappa shape index (κ2) is 6.81. The van der Waals surface area contributed by atoms with Gasteiger partial charge in [0.25, 0.3) is 0 Å². The molecule has 0 aliphatic rings. The largest absolute Gasteiger partial charge is 0.338 e. The van der Waals surface area contributed by atoms with Crippen molar-refractivity contribution in [2.75, 3.05) is 0 Å². The van der Waals surface area contributed by atoms with Crippen LogP contribution in [0.25, 0.3) is 0 Å². The number of halogens is 2. The molecular formula is C14H17ClFN3O. The van der Waals surface area contributed by atoms with Crippen LogP contribution in [0.15, 0.2) is 22.7 Å². The van der Waals surface area contributed by atoms with Crippen molar-refractivity contribution in [1.82, 2.24) is 15.5 Å². The second-order valence-electron chi connectivity index (χ2n) is 4.68. The number of nitrogens with one attached hydrogen (secondary N) is 1. The third-order valence-corrected chi connectivity index (χ3v) is 3.40. The number of benzene rings is 1. The van der Waals surface area contributed by atoms with Gasteiger partial charge in [0, 0.05) is 12.5 Å². The summed E-state index contributed by atoms with van der Waals surface area (Å²) in [6.45, 7) is 4.69. The van der Waals surface area contributed by atoms with Gasteiger partial charge in [-0.1, -0.05) is 35.8 Å². The zero-order valence-electron chi connectivity index (χ0n) is 11.5. The highest BCUT2D eigenvalue weighted by molar-refractivity contribution is 6.30. The van der Waals surface area contributed by atoms with Crippen LogP contribution in [-0.2, 0) is 13.0 Å². The first-order chi connectivity index (χ1) is 9.60. The second-order valence-corrected chi connectivity index (χ2v) is 5.09. The molecule has 20 heavy (non-hydrogen) atoms. The summed E-state index contributed by atoms with van der Waals surface area (Å²) in [4.78, 5) is 4.23. The summed E-state index contributed by atoms with van der Waals surface area (Å²) >= 11 is 5.74. The first kappa shape index (κ1) is 14.9. The van der Waals surface area contributed by atoms with Crippen molar-refractivity contribution in [2.24, 2.45) is 0 Å². The third-order valence-electron chi connectivity index (χ3n) is 3.10. The Morgan fingerprint density at radius 2 is 2.25 bits per heavy atom. The lowest BCUT2D eigenvalue weighted by atomic mass is 10.1. The predicted molar refractivity (Wildman–Crippen MR) is 75.1 cm³/mol. The average molecular weight is 298 g/mol. The molecule has 0 saturated heterocycles. The highest BCUT2D eigenvalue weighted by Gasteiger charge is 2.12. The molecule has 1 heterocycles. The molecule has 0 saturated carbocycles. The molecule has 1 aromatic heterocycles. The zero-order chi connectivity index (χ0) is 14.5. The van der Waals surface area contributed by atoms with Gasteiger partial charge in [0.1, 0.15) is 5.82 Å². The Kier molecular flexibility index (Phi) is 5.09. The van der Waals surface area contributed by atoms with Crippen LogP contribution in [-0.4, -0.2) is 16.2 Å². The van der Waals surface area contributed by atoms with Crippen LogP contribution in [0, 0.1) is 5.82 Å². The van der Waals surface area contributed by atoms with Gasteiger partial charge in [-0.15, -0.1) is 0 Å². The Balaban J connectivity index is 2.00. The number of nitrogens with zero attached hydrogens (tertiary/aromatic N) is 2. The standard InChI is InChI=1S/C14H17ClFN3O/c1-3-9(2)17-8-13-18-12(19-20-13)7-10-5-4-6-11(15)14(10)16/h4-6,9,17H,3,7-8H2,1-2H3. The van der Waals surface area contributed by atoms with Crippen molar-refractivity contribution in [2.45, 2.75) is 39.3 Å². The van der Waals surface area contributed by atoms with Crippen molar-refractivity contribution in [3.05, 3.63) is 46.3 Å². The van der Waals surface area contributed by atoms with Gasteiger partial charge < -0.3 is 9.84 Å². The molecule has 4 nitrogen and oxygen atoms in total. The molecule has 0 bridgehead atoms. The van der Waals surface area contributed by atoms with Gasteiger partial charge in [-0.25, -0.2) is 4.39 Å². The minimum absolute atomic E-state index is 0.102. The molecule has 0 radical (unpaired) electrons. The normalized spacial score (nSPS) is 12.6. The van der Waals surface area contributed by atoms with Gasteiger partial charge in [-0.2, -0.15) is 4.98 Å². The van der Waals surface area contributed by atoms with Crippen molar-refractivity contribution < 1.29 is 8.91 Å². The molecule has 0 aliphatic carbocycles. The Labute approximate surface area is 122 Å². The van der Waals surface area contributed by atoms with Crippen LogP contribution >= 0.6 is 11.6 Å². The molecular weight excluding hydrogens is 281 g/mol. The lowest BCUT2D eigenvalue weighted by molar-refractivity contribution is 0.354. The van der Waals surface area contributed by atoms with E-state index in [0.29, 0.717) is 29.9 Å². The molecule has 1 atom stereocenters. The predicted octanol–water partition coefficient (Wildman–Crippen LogP) is 3.34. The van der Waals surface area contributed by atoms with E-state index < -0.39 is 5.82 Å². The van der Waals surface area contributed by atoms with E-state index in [1.54, 1.807) is 12.1 Å². The summed E-state index contributed by atoms with van der Waals surface area (Å²) in [5, 5.41) is 7.21. The minimum atomic E-state index is -0.432. The fraction of sp³-hybridized carbons (Fsp3) is 0.429. The van der Waals surface area contributed by atoms with Crippen LogP contribution in [0.2, 0.25) is 5.02 Å². The lowest BCUT2D eigenvalue weighted by Crippen LogP contribution is -2.24. The van der Waals surface area contributed by atoms with Crippen molar-refractivity contribution in [3.8, 4) is 0 Å². The lowest BCUT2D eigenvalue weighted by Gasteiger charge is -2.07. The van der Waals surface area contributed by atoms with Crippen LogP contribution < -0.4 is 5.32 Å². The first-order valence-electron chi connectivity index (χ1n) is 6.58. The maximum atomic E-state index is 13.8. The van der Waals surface area contributed by atoms with E-state index in [4.69, 9.17) is 16.1 Å². The Hall–Kier alpha value is -1.46. The minimum Gasteiger partial charge on any atom is -0.338 e. The molecule has 108 valence electrons. The number of hydrogen-bond acceptors (Lipinski definition) is 4. The van der Waals surface area contributed by atoms with E-state index in [1.165, 1.54) is 6.07 Å². The molecule has 0 amide bonds. The summed E-state index contributed by atoms with van der Waals surface area (Å²) in [5.74, 6) is 0.521. The van der Waals surface area contributed by atoms with Gasteiger partial charge in [0.2, 0.25) is 5.89 Å². The smallest absolute Gasteiger partial charge is 0.240 e. The summed E-state index contributed by atoms with van der Waals surface area (Å²) in [7, 11) is 0. The SMILES string of the molecule is CCC(C)NCc1nc(Cc2cccc(Cl)c2F)no1. The molecule has 2 rings (SSSR count). The van der Waals surface area contributed by atoms with E-state index in [0.717, 1.165) is 6.42 Å². The summed E-state index contributed by atoms with van der Waals surface area (Å²) < 4.78 is 18.9. The molecule has 6 heteroatoms. The summed E-state index contributed by atoms with van der Waals surface area (Å²) in [5.41, 5.74) is 0.458. The summed E-state index contributed by atoms with van der Waals surface area (Å²) in [6.07, 6.45) is 1.29. The number of rotatable bonds is 6. The third kappa shape index (κ3) is 3.77. The topological polar surface area (TPSA) is 51.0 Å². The van der Waals surface area contributed by atoms with E-state index in [-0.39, 0.29) is 11.4 Å². The molecule has 1 N–H and O–H groups in total. The van der Waals surface area contributed by atoms with Crippen molar-refractivity contribution >= 4 is 11.6 Å². The van der Waals surface area contributed by atoms with Crippen LogP contribution in [0.1, 0.15) is 37.5 Å². The fourth-order valence-corrected chi connectivity index (χ4v) is 1.89. The van der Waals surface area contributed by atoms with E-state index >= 15 is 0 Å².